The van der Waals surface area contributed by atoms with Crippen LogP contribution >= 0.6 is 23.2 Å². The van der Waals surface area contributed by atoms with Gasteiger partial charge in [0.15, 0.2) is 0 Å². The highest BCUT2D eigenvalue weighted by Gasteiger charge is 2.35. The van der Waals surface area contributed by atoms with Crippen molar-refractivity contribution in [1.29, 1.82) is 0 Å². The molecule has 0 fully saturated rings. The Labute approximate surface area is 198 Å². The van der Waals surface area contributed by atoms with Crippen molar-refractivity contribution >= 4 is 45.7 Å². The zero-order chi connectivity index (χ0) is 25.1. The number of rotatable bonds is 7. The standard InChI is InChI=1S/C21H18Cl2F3N3O3S/c1-11-7-8-28-13(3)18(11)20(30)19(27-4)17(9-12(2)22)29-33(31,32)14-5-6-16(23)15(10-14)21(24,25)26/h5-10,29H,4H2,1-3H3/b12-9+,19-17+. The van der Waals surface area contributed by atoms with E-state index in [-0.39, 0.29) is 16.3 Å². The van der Waals surface area contributed by atoms with Gasteiger partial charge in [-0.1, -0.05) is 23.2 Å². The maximum Gasteiger partial charge on any atom is 0.417 e. The van der Waals surface area contributed by atoms with E-state index in [0.29, 0.717) is 17.3 Å². The fourth-order valence-electron chi connectivity index (χ4n) is 2.87. The number of carbonyl (C=O) groups is 1. The molecule has 0 unspecified atom stereocenters. The van der Waals surface area contributed by atoms with Crippen molar-refractivity contribution in [3.8, 4) is 0 Å². The molecule has 0 aliphatic heterocycles. The van der Waals surface area contributed by atoms with E-state index in [1.165, 1.54) is 13.1 Å². The fraction of sp³-hybridized carbons (Fsp3) is 0.190. The van der Waals surface area contributed by atoms with Gasteiger partial charge in [-0.25, -0.2) is 8.42 Å². The van der Waals surface area contributed by atoms with Gasteiger partial charge in [0, 0.05) is 22.5 Å². The molecule has 1 aromatic heterocycles. The average molecular weight is 520 g/mol. The molecule has 12 heteroatoms. The number of aliphatic imine (C=N–C) groups is 1. The summed E-state index contributed by atoms with van der Waals surface area (Å²) in [5.41, 5.74) is -1.04. The molecule has 176 valence electrons. The molecule has 1 N–H and O–H groups in total. The zero-order valence-corrected chi connectivity index (χ0v) is 19.9. The number of carbonyl (C=O) groups excluding carboxylic acids is 1. The molecule has 0 saturated carbocycles. The third-order valence-corrected chi connectivity index (χ3v) is 6.15. The molecule has 0 aliphatic carbocycles. The van der Waals surface area contributed by atoms with Crippen LogP contribution in [0.5, 0.6) is 0 Å². The van der Waals surface area contributed by atoms with Crippen LogP contribution in [0.1, 0.15) is 34.1 Å². The highest BCUT2D eigenvalue weighted by atomic mass is 35.5. The second-order valence-electron chi connectivity index (χ2n) is 6.81. The summed E-state index contributed by atoms with van der Waals surface area (Å²) in [4.78, 5) is 20.2. The number of pyridine rings is 1. The van der Waals surface area contributed by atoms with E-state index < -0.39 is 43.2 Å². The van der Waals surface area contributed by atoms with Crippen molar-refractivity contribution in [2.45, 2.75) is 31.8 Å². The molecule has 2 aromatic rings. The van der Waals surface area contributed by atoms with Crippen LogP contribution in [0.2, 0.25) is 5.02 Å². The lowest BCUT2D eigenvalue weighted by Crippen LogP contribution is -2.26. The number of halogens is 5. The predicted octanol–water partition coefficient (Wildman–Crippen LogP) is 5.59. The van der Waals surface area contributed by atoms with Gasteiger partial charge in [-0.2, -0.15) is 13.2 Å². The van der Waals surface area contributed by atoms with Gasteiger partial charge in [0.25, 0.3) is 10.0 Å². The summed E-state index contributed by atoms with van der Waals surface area (Å²) in [5, 5.41) is -0.603. The summed E-state index contributed by atoms with van der Waals surface area (Å²) in [6.45, 7) is 7.98. The second-order valence-corrected chi connectivity index (χ2v) is 9.50. The Morgan fingerprint density at radius 1 is 1.24 bits per heavy atom. The highest BCUT2D eigenvalue weighted by Crippen LogP contribution is 2.36. The molecular weight excluding hydrogens is 502 g/mol. The summed E-state index contributed by atoms with van der Waals surface area (Å²) < 4.78 is 67.5. The molecule has 1 aromatic carbocycles. The van der Waals surface area contributed by atoms with Gasteiger partial charge in [-0.15, -0.1) is 0 Å². The number of nitrogens with zero attached hydrogens (tertiary/aromatic N) is 2. The summed E-state index contributed by atoms with van der Waals surface area (Å²) in [5.74, 6) is -0.702. The smallest absolute Gasteiger partial charge is 0.287 e. The van der Waals surface area contributed by atoms with E-state index in [4.69, 9.17) is 23.2 Å². The largest absolute Gasteiger partial charge is 0.417 e. The number of ketones is 1. The van der Waals surface area contributed by atoms with E-state index in [2.05, 4.69) is 21.4 Å². The molecule has 0 bridgehead atoms. The Bertz CT molecular complexity index is 1260. The van der Waals surface area contributed by atoms with Crippen LogP contribution in [0.25, 0.3) is 0 Å². The Balaban J connectivity index is 2.68. The Morgan fingerprint density at radius 3 is 2.39 bits per heavy atom. The number of allylic oxidation sites excluding steroid dienone is 3. The van der Waals surface area contributed by atoms with Crippen molar-refractivity contribution in [3.63, 3.8) is 0 Å². The monoisotopic (exact) mass is 519 g/mol. The Morgan fingerprint density at radius 2 is 1.88 bits per heavy atom. The predicted molar refractivity (Wildman–Crippen MR) is 121 cm³/mol. The van der Waals surface area contributed by atoms with Crippen molar-refractivity contribution in [2.75, 3.05) is 0 Å². The first-order chi connectivity index (χ1) is 15.2. The number of aryl methyl sites for hydroxylation is 2. The van der Waals surface area contributed by atoms with E-state index in [9.17, 15) is 26.4 Å². The topological polar surface area (TPSA) is 88.5 Å². The van der Waals surface area contributed by atoms with Crippen molar-refractivity contribution in [1.82, 2.24) is 9.71 Å². The fourth-order valence-corrected chi connectivity index (χ4v) is 4.29. The summed E-state index contributed by atoms with van der Waals surface area (Å²) >= 11 is 11.5. The number of Topliss-reactive ketones (excluding diaryl/α,β-unsaturated/α-hetero) is 1. The first kappa shape index (κ1) is 26.6. The van der Waals surface area contributed by atoms with Crippen LogP contribution in [0, 0.1) is 13.8 Å². The molecule has 6 nitrogen and oxygen atoms in total. The maximum atomic E-state index is 13.2. The first-order valence-electron chi connectivity index (χ1n) is 9.10. The third-order valence-electron chi connectivity index (χ3n) is 4.35. The number of aromatic nitrogens is 1. The molecular formula is C21H18Cl2F3N3O3S. The molecule has 0 aliphatic rings. The zero-order valence-electron chi connectivity index (χ0n) is 17.6. The maximum absolute atomic E-state index is 13.2. The van der Waals surface area contributed by atoms with Crippen molar-refractivity contribution < 1.29 is 26.4 Å². The second kappa shape index (κ2) is 10.1. The van der Waals surface area contributed by atoms with E-state index in [0.717, 1.165) is 18.2 Å². The van der Waals surface area contributed by atoms with Gasteiger partial charge in [-0.3, -0.25) is 19.5 Å². The first-order valence-corrected chi connectivity index (χ1v) is 11.3. The normalized spacial score (nSPS) is 13.4. The SMILES string of the molecule is C=N/C(C(=O)c1c(C)ccnc1C)=C(\C=C(/C)Cl)NS(=O)(=O)c1ccc(Cl)c(C(F)(F)F)c1. The van der Waals surface area contributed by atoms with Crippen LogP contribution in [-0.4, -0.2) is 25.9 Å². The summed E-state index contributed by atoms with van der Waals surface area (Å²) in [6.07, 6.45) is -2.28. The quantitative estimate of drug-likeness (QED) is 0.223. The molecule has 0 saturated heterocycles. The third kappa shape index (κ3) is 6.21. The van der Waals surface area contributed by atoms with E-state index in [1.54, 1.807) is 19.9 Å². The van der Waals surface area contributed by atoms with Gasteiger partial charge in [0.2, 0.25) is 5.78 Å². The van der Waals surface area contributed by atoms with E-state index >= 15 is 0 Å². The molecule has 0 amide bonds. The number of alkyl halides is 3. The van der Waals surface area contributed by atoms with Gasteiger partial charge in [0.05, 0.1) is 21.2 Å². The lowest BCUT2D eigenvalue weighted by atomic mass is 10.0. The highest BCUT2D eigenvalue weighted by molar-refractivity contribution is 7.89. The van der Waals surface area contributed by atoms with Crippen molar-refractivity contribution in [3.05, 3.63) is 80.4 Å². The minimum atomic E-state index is -4.88. The number of hydrogen-bond donors (Lipinski definition) is 1. The minimum Gasteiger partial charge on any atom is -0.287 e. The van der Waals surface area contributed by atoms with Gasteiger partial charge in [-0.05, 0) is 63.4 Å². The molecule has 33 heavy (non-hydrogen) atoms. The minimum absolute atomic E-state index is 0.0633. The molecule has 1 heterocycles. The van der Waals surface area contributed by atoms with Gasteiger partial charge in [0.1, 0.15) is 5.70 Å². The molecule has 2 rings (SSSR count). The Kier molecular flexibility index (Phi) is 8.10. The van der Waals surface area contributed by atoms with Gasteiger partial charge >= 0.3 is 6.18 Å². The average Bonchev–Trinajstić information content (AvgIpc) is 2.66. The van der Waals surface area contributed by atoms with E-state index in [1.807, 2.05) is 0 Å². The molecule has 0 atom stereocenters. The molecule has 0 radical (unpaired) electrons. The van der Waals surface area contributed by atoms with Crippen LogP contribution in [0.3, 0.4) is 0 Å². The van der Waals surface area contributed by atoms with Crippen LogP contribution in [0.15, 0.2) is 62.9 Å². The number of nitrogens with one attached hydrogen (secondary N) is 1. The Hall–Kier alpha value is -2.69. The summed E-state index contributed by atoms with van der Waals surface area (Å²) in [6, 6.07) is 3.68. The van der Waals surface area contributed by atoms with Crippen LogP contribution in [0.4, 0.5) is 13.2 Å². The number of benzene rings is 1. The van der Waals surface area contributed by atoms with Crippen LogP contribution < -0.4 is 4.72 Å². The van der Waals surface area contributed by atoms with Crippen molar-refractivity contribution in [2.24, 2.45) is 4.99 Å². The summed E-state index contributed by atoms with van der Waals surface area (Å²) in [7, 11) is -4.62. The number of hydrogen-bond acceptors (Lipinski definition) is 5. The lowest BCUT2D eigenvalue weighted by molar-refractivity contribution is -0.137. The molecule has 0 spiro atoms. The number of sulfonamides is 1. The van der Waals surface area contributed by atoms with Gasteiger partial charge < -0.3 is 0 Å². The van der Waals surface area contributed by atoms with Crippen LogP contribution in [-0.2, 0) is 16.2 Å². The lowest BCUT2D eigenvalue weighted by Gasteiger charge is -2.15.